The highest BCUT2D eigenvalue weighted by Crippen LogP contribution is 2.01. The fourth-order valence-corrected chi connectivity index (χ4v) is 1.73. The van der Waals surface area contributed by atoms with Crippen molar-refractivity contribution in [3.63, 3.8) is 0 Å². The Morgan fingerprint density at radius 2 is 1.27 bits per heavy atom. The maximum atomic E-state index is 5.43. The normalized spacial score (nSPS) is 10.8. The lowest BCUT2D eigenvalue weighted by Crippen LogP contribution is -2.16. The van der Waals surface area contributed by atoms with Crippen molar-refractivity contribution >= 4 is 0 Å². The lowest BCUT2D eigenvalue weighted by Gasteiger charge is -2.04. The Balaban J connectivity index is 2.81. The van der Waals surface area contributed by atoms with Gasteiger partial charge in [0.1, 0.15) is 0 Å². The number of rotatable bonds is 12. The Bertz CT molecular complexity index is 92.7. The van der Waals surface area contributed by atoms with Gasteiger partial charge in [0.25, 0.3) is 0 Å². The van der Waals surface area contributed by atoms with E-state index in [0.29, 0.717) is 0 Å². The lowest BCUT2D eigenvalue weighted by atomic mass is 10.1. The fourth-order valence-electron chi connectivity index (χ4n) is 1.73. The molecule has 0 saturated carbocycles. The lowest BCUT2D eigenvalue weighted by molar-refractivity contribution is 0.555. The molecule has 0 saturated heterocycles. The molecule has 0 bridgehead atoms. The van der Waals surface area contributed by atoms with Gasteiger partial charge in [0.05, 0.1) is 0 Å². The van der Waals surface area contributed by atoms with E-state index >= 15 is 0 Å². The maximum absolute atomic E-state index is 5.43. The van der Waals surface area contributed by atoms with Crippen LogP contribution < -0.4 is 11.1 Å². The SMILES string of the molecule is CCCCCCCNCCCCCCN. The predicted octanol–water partition coefficient (Wildman–Crippen LogP) is 3.07. The largest absolute Gasteiger partial charge is 0.330 e. The number of hydrogen-bond acceptors (Lipinski definition) is 2. The molecular weight excluding hydrogens is 184 g/mol. The summed E-state index contributed by atoms with van der Waals surface area (Å²) in [6.07, 6.45) is 12.0. The first-order valence-corrected chi connectivity index (χ1v) is 6.82. The van der Waals surface area contributed by atoms with Crippen molar-refractivity contribution in [3.8, 4) is 0 Å². The second-order valence-corrected chi connectivity index (χ2v) is 4.37. The van der Waals surface area contributed by atoms with Crippen LogP contribution in [0.5, 0.6) is 0 Å². The summed E-state index contributed by atoms with van der Waals surface area (Å²) in [6.45, 7) is 5.52. The second-order valence-electron chi connectivity index (χ2n) is 4.37. The molecular formula is C13H30N2. The summed E-state index contributed by atoms with van der Waals surface area (Å²) in [5, 5.41) is 3.51. The van der Waals surface area contributed by atoms with Crippen molar-refractivity contribution in [3.05, 3.63) is 0 Å². The monoisotopic (exact) mass is 214 g/mol. The summed E-state index contributed by atoms with van der Waals surface area (Å²) in [4.78, 5) is 0. The Morgan fingerprint density at radius 3 is 1.80 bits per heavy atom. The summed E-state index contributed by atoms with van der Waals surface area (Å²) in [6, 6.07) is 0. The van der Waals surface area contributed by atoms with E-state index in [1.54, 1.807) is 0 Å². The Hall–Kier alpha value is -0.0800. The van der Waals surface area contributed by atoms with Crippen LogP contribution in [0.15, 0.2) is 0 Å². The molecule has 0 aliphatic rings. The van der Waals surface area contributed by atoms with E-state index in [1.807, 2.05) is 0 Å². The number of unbranched alkanes of at least 4 members (excludes halogenated alkanes) is 7. The van der Waals surface area contributed by atoms with Crippen LogP contribution >= 0.6 is 0 Å². The molecule has 0 atom stereocenters. The molecule has 0 heterocycles. The summed E-state index contributed by atoms with van der Waals surface area (Å²) in [5.74, 6) is 0. The Morgan fingerprint density at radius 1 is 0.733 bits per heavy atom. The zero-order valence-electron chi connectivity index (χ0n) is 10.6. The molecule has 0 rings (SSSR count). The molecule has 0 amide bonds. The van der Waals surface area contributed by atoms with Crippen molar-refractivity contribution in [2.75, 3.05) is 19.6 Å². The predicted molar refractivity (Wildman–Crippen MR) is 69.2 cm³/mol. The van der Waals surface area contributed by atoms with Gasteiger partial charge in [0, 0.05) is 0 Å². The first-order valence-electron chi connectivity index (χ1n) is 6.82. The molecule has 0 fully saturated rings. The van der Waals surface area contributed by atoms with Crippen molar-refractivity contribution in [2.24, 2.45) is 5.73 Å². The molecule has 0 spiro atoms. The van der Waals surface area contributed by atoms with E-state index in [4.69, 9.17) is 5.73 Å². The van der Waals surface area contributed by atoms with E-state index in [-0.39, 0.29) is 0 Å². The van der Waals surface area contributed by atoms with E-state index in [0.717, 1.165) is 6.54 Å². The first kappa shape index (κ1) is 14.9. The third-order valence-electron chi connectivity index (χ3n) is 2.76. The van der Waals surface area contributed by atoms with Crippen LogP contribution in [0.3, 0.4) is 0 Å². The van der Waals surface area contributed by atoms with Crippen LogP contribution in [0.4, 0.5) is 0 Å². The Kier molecular flexibility index (Phi) is 13.8. The van der Waals surface area contributed by atoms with Crippen LogP contribution in [-0.2, 0) is 0 Å². The van der Waals surface area contributed by atoms with Gasteiger partial charge in [0.15, 0.2) is 0 Å². The molecule has 0 aliphatic heterocycles. The minimum atomic E-state index is 0.852. The minimum Gasteiger partial charge on any atom is -0.330 e. The molecule has 0 aromatic carbocycles. The van der Waals surface area contributed by atoms with Gasteiger partial charge in [0.2, 0.25) is 0 Å². The second kappa shape index (κ2) is 13.9. The van der Waals surface area contributed by atoms with Crippen molar-refractivity contribution in [1.82, 2.24) is 5.32 Å². The fraction of sp³-hybridized carbons (Fsp3) is 1.00. The summed E-state index contributed by atoms with van der Waals surface area (Å²) in [7, 11) is 0. The smallest absolute Gasteiger partial charge is 0.00489 e. The van der Waals surface area contributed by atoms with Gasteiger partial charge in [-0.05, 0) is 38.9 Å². The van der Waals surface area contributed by atoms with Gasteiger partial charge >= 0.3 is 0 Å². The average Bonchev–Trinajstić information content (AvgIpc) is 2.26. The number of nitrogens with two attached hydrogens (primary N) is 1. The zero-order valence-corrected chi connectivity index (χ0v) is 10.6. The van der Waals surface area contributed by atoms with Gasteiger partial charge in [-0.2, -0.15) is 0 Å². The van der Waals surface area contributed by atoms with Crippen LogP contribution in [0, 0.1) is 0 Å². The molecule has 2 nitrogen and oxygen atoms in total. The highest BCUT2D eigenvalue weighted by atomic mass is 14.8. The highest BCUT2D eigenvalue weighted by molar-refractivity contribution is 4.51. The van der Waals surface area contributed by atoms with Gasteiger partial charge in [-0.15, -0.1) is 0 Å². The minimum absolute atomic E-state index is 0.852. The van der Waals surface area contributed by atoms with E-state index in [9.17, 15) is 0 Å². The topological polar surface area (TPSA) is 38.0 Å². The number of nitrogens with one attached hydrogen (secondary N) is 1. The molecule has 3 N–H and O–H groups in total. The average molecular weight is 214 g/mol. The van der Waals surface area contributed by atoms with Crippen LogP contribution in [0.2, 0.25) is 0 Å². The molecule has 0 radical (unpaired) electrons. The molecule has 0 aromatic rings. The number of hydrogen-bond donors (Lipinski definition) is 2. The van der Waals surface area contributed by atoms with Crippen LogP contribution in [-0.4, -0.2) is 19.6 Å². The van der Waals surface area contributed by atoms with Crippen molar-refractivity contribution in [1.29, 1.82) is 0 Å². The third kappa shape index (κ3) is 13.9. The van der Waals surface area contributed by atoms with Crippen LogP contribution in [0.25, 0.3) is 0 Å². The van der Waals surface area contributed by atoms with E-state index < -0.39 is 0 Å². The molecule has 15 heavy (non-hydrogen) atoms. The quantitative estimate of drug-likeness (QED) is 0.490. The first-order chi connectivity index (χ1) is 7.41. The Labute approximate surface area is 96.0 Å². The molecule has 0 unspecified atom stereocenters. The highest BCUT2D eigenvalue weighted by Gasteiger charge is 1.90. The van der Waals surface area contributed by atoms with Crippen molar-refractivity contribution in [2.45, 2.75) is 64.7 Å². The van der Waals surface area contributed by atoms with E-state index in [2.05, 4.69) is 12.2 Å². The molecule has 92 valence electrons. The zero-order chi connectivity index (χ0) is 11.2. The van der Waals surface area contributed by atoms with Gasteiger partial charge in [-0.3, -0.25) is 0 Å². The van der Waals surface area contributed by atoms with Crippen molar-refractivity contribution < 1.29 is 0 Å². The van der Waals surface area contributed by atoms with Gasteiger partial charge in [-0.1, -0.05) is 45.4 Å². The molecule has 0 aromatic heterocycles. The summed E-state index contributed by atoms with van der Waals surface area (Å²) >= 11 is 0. The summed E-state index contributed by atoms with van der Waals surface area (Å²) < 4.78 is 0. The standard InChI is InChI=1S/C13H30N2/c1-2-3-4-6-9-12-15-13-10-7-5-8-11-14/h15H,2-14H2,1H3. The molecule has 0 aliphatic carbocycles. The van der Waals surface area contributed by atoms with Gasteiger partial charge < -0.3 is 11.1 Å². The van der Waals surface area contributed by atoms with Gasteiger partial charge in [-0.25, -0.2) is 0 Å². The summed E-state index contributed by atoms with van der Waals surface area (Å²) in [5.41, 5.74) is 5.43. The van der Waals surface area contributed by atoms with Crippen LogP contribution in [0.1, 0.15) is 64.7 Å². The third-order valence-corrected chi connectivity index (χ3v) is 2.76. The molecule has 2 heteroatoms. The van der Waals surface area contributed by atoms with E-state index in [1.165, 1.54) is 70.9 Å². The maximum Gasteiger partial charge on any atom is -0.00489 e.